The van der Waals surface area contributed by atoms with E-state index < -0.39 is 9.04 Å². The smallest absolute Gasteiger partial charge is 0.171 e. The Balaban J connectivity index is 2.13. The summed E-state index contributed by atoms with van der Waals surface area (Å²) in [5.41, 5.74) is 3.10. The van der Waals surface area contributed by atoms with E-state index in [0.29, 0.717) is 0 Å². The third kappa shape index (κ3) is 3.39. The number of hydrogen-bond acceptors (Lipinski definition) is 2. The van der Waals surface area contributed by atoms with Crippen molar-refractivity contribution in [1.29, 1.82) is 0 Å². The van der Waals surface area contributed by atoms with Crippen molar-refractivity contribution in [1.82, 2.24) is 0 Å². The molecule has 23 heavy (non-hydrogen) atoms. The molecule has 1 atom stereocenters. The molecule has 1 aromatic heterocycles. The Morgan fingerprint density at radius 2 is 1.61 bits per heavy atom. The maximum Gasteiger partial charge on any atom is 0.171 e. The van der Waals surface area contributed by atoms with E-state index >= 15 is 0 Å². The van der Waals surface area contributed by atoms with Crippen LogP contribution in [0.4, 0.5) is 0 Å². The number of benzene rings is 2. The van der Waals surface area contributed by atoms with E-state index in [4.69, 9.17) is 8.84 Å². The number of rotatable bonds is 3. The Kier molecular flexibility index (Phi) is 4.42. The Morgan fingerprint density at radius 1 is 1.00 bits per heavy atom. The second-order valence-corrected chi connectivity index (χ2v) is 10.7. The van der Waals surface area contributed by atoms with E-state index in [0.717, 1.165) is 26.4 Å². The molecule has 0 aliphatic carbocycles. The highest BCUT2D eigenvalue weighted by Crippen LogP contribution is 2.39. The predicted molar refractivity (Wildman–Crippen MR) is 104 cm³/mol. The van der Waals surface area contributed by atoms with Gasteiger partial charge in [0.25, 0.3) is 0 Å². The van der Waals surface area contributed by atoms with Crippen molar-refractivity contribution in [3.8, 4) is 0 Å². The van der Waals surface area contributed by atoms with Gasteiger partial charge in [-0.15, -0.1) is 0 Å². The summed E-state index contributed by atoms with van der Waals surface area (Å²) < 4.78 is 13.4. The summed E-state index contributed by atoms with van der Waals surface area (Å²) in [5.74, 6) is 0. The van der Waals surface area contributed by atoms with Crippen LogP contribution in [0.2, 0.25) is 13.1 Å². The van der Waals surface area contributed by atoms with Crippen LogP contribution in [0.3, 0.4) is 0 Å². The summed E-state index contributed by atoms with van der Waals surface area (Å²) in [6, 6.07) is 12.7. The zero-order valence-electron chi connectivity index (χ0n) is 14.3. The largest absolute Gasteiger partial charge is 0.456 e. The van der Waals surface area contributed by atoms with E-state index in [1.165, 1.54) is 5.56 Å². The van der Waals surface area contributed by atoms with Crippen LogP contribution in [-0.4, -0.2) is 9.04 Å². The summed E-state index contributed by atoms with van der Waals surface area (Å²) in [5, 5.41) is 2.31. The van der Waals surface area contributed by atoms with Gasteiger partial charge in [0, 0.05) is 15.2 Å². The average Bonchev–Trinajstić information content (AvgIpc) is 2.79. The first-order valence-corrected chi connectivity index (χ1v) is 11.6. The van der Waals surface area contributed by atoms with Gasteiger partial charge in [-0.3, -0.25) is 0 Å². The highest BCUT2D eigenvalue weighted by molar-refractivity contribution is 9.10. The maximum absolute atomic E-state index is 6.33. The molecule has 0 aliphatic heterocycles. The van der Waals surface area contributed by atoms with Gasteiger partial charge in [0.15, 0.2) is 9.04 Å². The maximum atomic E-state index is 6.33. The lowest BCUT2D eigenvalue weighted by Crippen LogP contribution is -2.25. The van der Waals surface area contributed by atoms with Gasteiger partial charge in [0.2, 0.25) is 0 Å². The third-order valence-electron chi connectivity index (χ3n) is 3.96. The molecular formula is C19H23BrO2Si. The quantitative estimate of drug-likeness (QED) is 0.480. The number of fused-ring (bicyclic) bond motifs is 3. The zero-order chi connectivity index (χ0) is 16.8. The van der Waals surface area contributed by atoms with Crippen LogP contribution in [0.1, 0.15) is 32.4 Å². The lowest BCUT2D eigenvalue weighted by atomic mass is 9.84. The van der Waals surface area contributed by atoms with Gasteiger partial charge in [0.05, 0.1) is 6.10 Å². The van der Waals surface area contributed by atoms with Crippen LogP contribution in [0.15, 0.2) is 45.3 Å². The fourth-order valence-corrected chi connectivity index (χ4v) is 4.44. The molecule has 0 N–H and O–H groups in total. The lowest BCUT2D eigenvalue weighted by molar-refractivity contribution is 0.0867. The molecule has 122 valence electrons. The van der Waals surface area contributed by atoms with E-state index in [9.17, 15) is 0 Å². The van der Waals surface area contributed by atoms with E-state index in [2.05, 4.69) is 80.1 Å². The molecule has 0 radical (unpaired) electrons. The fraction of sp³-hybridized carbons (Fsp3) is 0.368. The Morgan fingerprint density at radius 3 is 2.22 bits per heavy atom. The third-order valence-corrected chi connectivity index (χ3v) is 5.27. The normalized spacial score (nSPS) is 14.0. The predicted octanol–water partition coefficient (Wildman–Crippen LogP) is 6.44. The van der Waals surface area contributed by atoms with Crippen molar-refractivity contribution in [2.24, 2.45) is 5.41 Å². The Labute approximate surface area is 147 Å². The molecule has 1 unspecified atom stereocenters. The second-order valence-electron chi connectivity index (χ2n) is 7.43. The minimum atomic E-state index is -1.13. The monoisotopic (exact) mass is 390 g/mol. The molecule has 0 saturated carbocycles. The molecule has 0 spiro atoms. The van der Waals surface area contributed by atoms with Crippen molar-refractivity contribution < 1.29 is 8.84 Å². The first kappa shape index (κ1) is 16.7. The van der Waals surface area contributed by atoms with Gasteiger partial charge in [-0.05, 0) is 48.3 Å². The molecule has 0 saturated heterocycles. The molecule has 1 heterocycles. The molecule has 2 aromatic carbocycles. The summed E-state index contributed by atoms with van der Waals surface area (Å²) >= 11 is 3.51. The SMILES string of the molecule is C[SiH](C)OC(c1ccc2c(c1)oc1cc(Br)ccc12)C(C)(C)C. The highest BCUT2D eigenvalue weighted by atomic mass is 79.9. The minimum Gasteiger partial charge on any atom is -0.456 e. The van der Waals surface area contributed by atoms with Crippen molar-refractivity contribution in [2.45, 2.75) is 40.0 Å². The van der Waals surface area contributed by atoms with E-state index in [-0.39, 0.29) is 11.5 Å². The fourth-order valence-electron chi connectivity index (χ4n) is 2.99. The van der Waals surface area contributed by atoms with Crippen molar-refractivity contribution in [3.05, 3.63) is 46.4 Å². The van der Waals surface area contributed by atoms with E-state index in [1.807, 2.05) is 6.07 Å². The highest BCUT2D eigenvalue weighted by Gasteiger charge is 2.28. The summed E-state index contributed by atoms with van der Waals surface area (Å²) in [4.78, 5) is 0. The summed E-state index contributed by atoms with van der Waals surface area (Å²) in [7, 11) is -1.13. The summed E-state index contributed by atoms with van der Waals surface area (Å²) in [6.45, 7) is 11.1. The molecule has 4 heteroatoms. The van der Waals surface area contributed by atoms with Crippen LogP contribution < -0.4 is 0 Å². The molecule has 2 nitrogen and oxygen atoms in total. The van der Waals surface area contributed by atoms with Gasteiger partial charge in [-0.2, -0.15) is 0 Å². The van der Waals surface area contributed by atoms with Gasteiger partial charge in [-0.25, -0.2) is 0 Å². The Hall–Kier alpha value is -1.10. The molecular weight excluding hydrogens is 368 g/mol. The van der Waals surface area contributed by atoms with Gasteiger partial charge >= 0.3 is 0 Å². The minimum absolute atomic E-state index is 0.0555. The molecule has 0 aliphatic rings. The Bertz CT molecular complexity index is 846. The molecule has 0 amide bonds. The van der Waals surface area contributed by atoms with Crippen molar-refractivity contribution >= 4 is 46.9 Å². The number of furan rings is 1. The number of halogens is 1. The van der Waals surface area contributed by atoms with Crippen LogP contribution in [0.5, 0.6) is 0 Å². The topological polar surface area (TPSA) is 22.4 Å². The van der Waals surface area contributed by atoms with Crippen LogP contribution in [0.25, 0.3) is 21.9 Å². The second kappa shape index (κ2) is 6.08. The van der Waals surface area contributed by atoms with Gasteiger partial charge < -0.3 is 8.84 Å². The molecule has 3 rings (SSSR count). The lowest BCUT2D eigenvalue weighted by Gasteiger charge is -2.33. The van der Waals surface area contributed by atoms with Crippen LogP contribution in [0, 0.1) is 5.41 Å². The summed E-state index contributed by atoms with van der Waals surface area (Å²) in [6.07, 6.45) is 0.0958. The standard InChI is InChI=1S/C19H23BrO2Si/c1-19(2,3)18(22-23(4)5)12-6-8-14-15-9-7-13(20)11-17(15)21-16(14)10-12/h6-11,18,23H,1-5H3. The van der Waals surface area contributed by atoms with Gasteiger partial charge in [-0.1, -0.05) is 48.8 Å². The molecule has 0 bridgehead atoms. The van der Waals surface area contributed by atoms with Crippen molar-refractivity contribution in [3.63, 3.8) is 0 Å². The first-order chi connectivity index (χ1) is 10.8. The number of hydrogen-bond donors (Lipinski definition) is 0. The molecule has 3 aromatic rings. The van der Waals surface area contributed by atoms with Gasteiger partial charge in [0.1, 0.15) is 11.2 Å². The first-order valence-electron chi connectivity index (χ1n) is 8.03. The van der Waals surface area contributed by atoms with Crippen LogP contribution >= 0.6 is 15.9 Å². The zero-order valence-corrected chi connectivity index (χ0v) is 17.1. The molecule has 0 fully saturated rings. The van der Waals surface area contributed by atoms with Crippen molar-refractivity contribution in [2.75, 3.05) is 0 Å². The van der Waals surface area contributed by atoms with Crippen LogP contribution in [-0.2, 0) is 4.43 Å². The average molecular weight is 391 g/mol. The van der Waals surface area contributed by atoms with E-state index in [1.54, 1.807) is 0 Å².